The number of carbonyl (C=O) groups is 1. The molecule has 0 fully saturated rings. The number of aliphatic carboxylic acids is 1. The van der Waals surface area contributed by atoms with Gasteiger partial charge in [0.1, 0.15) is 5.92 Å². The Labute approximate surface area is 66.6 Å². The fourth-order valence-electron chi connectivity index (χ4n) is 0.778. The van der Waals surface area contributed by atoms with E-state index in [-0.39, 0.29) is 0 Å². The van der Waals surface area contributed by atoms with Gasteiger partial charge in [-0.15, -0.1) is 0 Å². The molecule has 0 aromatic carbocycles. The van der Waals surface area contributed by atoms with Crippen LogP contribution in [-0.4, -0.2) is 11.1 Å². The predicted molar refractivity (Wildman–Crippen MR) is 40.8 cm³/mol. The largest absolute Gasteiger partial charge is 0.480 e. The standard InChI is InChI=1S/C8H13NO2/c1-3-6(2)4-7(5-9)8(10)11/h6-7H,3-4H2,1-2H3,(H,10,11). The van der Waals surface area contributed by atoms with E-state index in [1.807, 2.05) is 13.8 Å². The Bertz CT molecular complexity index is 171. The van der Waals surface area contributed by atoms with Gasteiger partial charge in [0.25, 0.3) is 0 Å². The Morgan fingerprint density at radius 3 is 2.55 bits per heavy atom. The molecule has 0 aliphatic heterocycles. The molecule has 0 saturated heterocycles. The maximum absolute atomic E-state index is 10.4. The number of hydrogen-bond donors (Lipinski definition) is 1. The monoisotopic (exact) mass is 155 g/mol. The van der Waals surface area contributed by atoms with Gasteiger partial charge in [0.2, 0.25) is 0 Å². The first-order valence-electron chi connectivity index (χ1n) is 3.74. The minimum atomic E-state index is -1.01. The second kappa shape index (κ2) is 4.73. The summed E-state index contributed by atoms with van der Waals surface area (Å²) in [5, 5.41) is 16.9. The molecule has 0 heterocycles. The lowest BCUT2D eigenvalue weighted by Gasteiger charge is -2.08. The van der Waals surface area contributed by atoms with Crippen LogP contribution >= 0.6 is 0 Å². The van der Waals surface area contributed by atoms with E-state index in [1.165, 1.54) is 0 Å². The van der Waals surface area contributed by atoms with Crippen LogP contribution in [0, 0.1) is 23.2 Å². The lowest BCUT2D eigenvalue weighted by molar-refractivity contribution is -0.140. The Hall–Kier alpha value is -1.04. The summed E-state index contributed by atoms with van der Waals surface area (Å²) in [6.45, 7) is 3.94. The quantitative estimate of drug-likeness (QED) is 0.671. The summed E-state index contributed by atoms with van der Waals surface area (Å²) in [4.78, 5) is 10.4. The summed E-state index contributed by atoms with van der Waals surface area (Å²) < 4.78 is 0. The lowest BCUT2D eigenvalue weighted by Crippen LogP contribution is -2.14. The number of rotatable bonds is 4. The van der Waals surface area contributed by atoms with Crippen molar-refractivity contribution in [2.45, 2.75) is 26.7 Å². The van der Waals surface area contributed by atoms with Crippen LogP contribution in [0.15, 0.2) is 0 Å². The zero-order valence-corrected chi connectivity index (χ0v) is 6.87. The number of nitriles is 1. The van der Waals surface area contributed by atoms with Crippen molar-refractivity contribution in [3.63, 3.8) is 0 Å². The van der Waals surface area contributed by atoms with E-state index >= 15 is 0 Å². The average molecular weight is 155 g/mol. The van der Waals surface area contributed by atoms with Crippen LogP contribution in [0.4, 0.5) is 0 Å². The molecule has 3 nitrogen and oxygen atoms in total. The summed E-state index contributed by atoms with van der Waals surface area (Å²) in [7, 11) is 0. The summed E-state index contributed by atoms with van der Waals surface area (Å²) in [6, 6.07) is 1.77. The third-order valence-electron chi connectivity index (χ3n) is 1.79. The SMILES string of the molecule is CCC(C)CC(C#N)C(=O)O. The van der Waals surface area contributed by atoms with Crippen molar-refractivity contribution in [3.8, 4) is 6.07 Å². The summed E-state index contributed by atoms with van der Waals surface area (Å²) in [6.07, 6.45) is 1.38. The van der Waals surface area contributed by atoms with E-state index in [1.54, 1.807) is 6.07 Å². The Kier molecular flexibility index (Phi) is 4.28. The summed E-state index contributed by atoms with van der Waals surface area (Å²) in [5.41, 5.74) is 0. The highest BCUT2D eigenvalue weighted by molar-refractivity contribution is 5.72. The molecule has 0 aliphatic rings. The first-order valence-corrected chi connectivity index (χ1v) is 3.74. The fraction of sp³-hybridized carbons (Fsp3) is 0.750. The zero-order chi connectivity index (χ0) is 8.85. The van der Waals surface area contributed by atoms with Gasteiger partial charge in [0.05, 0.1) is 6.07 Å². The van der Waals surface area contributed by atoms with Gasteiger partial charge in [0, 0.05) is 0 Å². The molecule has 0 amide bonds. The van der Waals surface area contributed by atoms with E-state index in [2.05, 4.69) is 0 Å². The molecule has 62 valence electrons. The normalized spacial score (nSPS) is 15.0. The molecular weight excluding hydrogens is 142 g/mol. The van der Waals surface area contributed by atoms with E-state index in [0.29, 0.717) is 12.3 Å². The molecule has 0 aromatic rings. The molecule has 1 N–H and O–H groups in total. The zero-order valence-electron chi connectivity index (χ0n) is 6.87. The molecule has 3 heteroatoms. The van der Waals surface area contributed by atoms with Crippen LogP contribution in [0.25, 0.3) is 0 Å². The molecule has 0 saturated carbocycles. The van der Waals surface area contributed by atoms with Gasteiger partial charge >= 0.3 is 5.97 Å². The molecule has 0 bridgehead atoms. The molecule has 0 spiro atoms. The van der Waals surface area contributed by atoms with Gasteiger partial charge in [-0.3, -0.25) is 4.79 Å². The van der Waals surface area contributed by atoms with Crippen molar-refractivity contribution in [1.82, 2.24) is 0 Å². The smallest absolute Gasteiger partial charge is 0.320 e. The highest BCUT2D eigenvalue weighted by Gasteiger charge is 2.18. The van der Waals surface area contributed by atoms with Gasteiger partial charge in [0.15, 0.2) is 0 Å². The van der Waals surface area contributed by atoms with Gasteiger partial charge in [-0.2, -0.15) is 5.26 Å². The van der Waals surface area contributed by atoms with Crippen molar-refractivity contribution in [3.05, 3.63) is 0 Å². The first-order chi connectivity index (χ1) is 5.11. The molecule has 2 unspecified atom stereocenters. The van der Waals surface area contributed by atoms with E-state index < -0.39 is 11.9 Å². The van der Waals surface area contributed by atoms with Gasteiger partial charge in [-0.1, -0.05) is 20.3 Å². The van der Waals surface area contributed by atoms with Crippen LogP contribution < -0.4 is 0 Å². The minimum Gasteiger partial charge on any atom is -0.480 e. The number of nitrogens with zero attached hydrogens (tertiary/aromatic N) is 1. The number of carboxylic acid groups (broad SMARTS) is 1. The maximum atomic E-state index is 10.4. The van der Waals surface area contributed by atoms with Crippen molar-refractivity contribution in [2.24, 2.45) is 11.8 Å². The Balaban J connectivity index is 3.91. The fourth-order valence-corrected chi connectivity index (χ4v) is 0.778. The molecule has 11 heavy (non-hydrogen) atoms. The van der Waals surface area contributed by atoms with E-state index in [4.69, 9.17) is 10.4 Å². The highest BCUT2D eigenvalue weighted by atomic mass is 16.4. The topological polar surface area (TPSA) is 61.1 Å². The van der Waals surface area contributed by atoms with Crippen LogP contribution in [0.1, 0.15) is 26.7 Å². The van der Waals surface area contributed by atoms with Crippen molar-refractivity contribution in [2.75, 3.05) is 0 Å². The molecule has 0 rings (SSSR count). The molecule has 0 aliphatic carbocycles. The van der Waals surface area contributed by atoms with E-state index in [0.717, 1.165) is 6.42 Å². The van der Waals surface area contributed by atoms with E-state index in [9.17, 15) is 4.79 Å². The summed E-state index contributed by atoms with van der Waals surface area (Å²) in [5.74, 6) is -1.52. The molecule has 0 aromatic heterocycles. The highest BCUT2D eigenvalue weighted by Crippen LogP contribution is 2.14. The van der Waals surface area contributed by atoms with Crippen molar-refractivity contribution < 1.29 is 9.90 Å². The van der Waals surface area contributed by atoms with Crippen LogP contribution in [-0.2, 0) is 4.79 Å². The third kappa shape index (κ3) is 3.61. The van der Waals surface area contributed by atoms with Crippen LogP contribution in [0.5, 0.6) is 0 Å². The van der Waals surface area contributed by atoms with Gasteiger partial charge in [-0.25, -0.2) is 0 Å². The van der Waals surface area contributed by atoms with Crippen LogP contribution in [0.3, 0.4) is 0 Å². The molecular formula is C8H13NO2. The average Bonchev–Trinajstić information content (AvgIpc) is 1.99. The lowest BCUT2D eigenvalue weighted by atomic mass is 9.95. The first kappa shape index (κ1) is 9.96. The minimum absolute atomic E-state index is 0.316. The number of carboxylic acids is 1. The Morgan fingerprint density at radius 1 is 1.73 bits per heavy atom. The second-order valence-electron chi connectivity index (χ2n) is 2.77. The molecule has 0 radical (unpaired) electrons. The van der Waals surface area contributed by atoms with Crippen molar-refractivity contribution in [1.29, 1.82) is 5.26 Å². The second-order valence-corrected chi connectivity index (χ2v) is 2.77. The predicted octanol–water partition coefficient (Wildman–Crippen LogP) is 1.65. The summed E-state index contributed by atoms with van der Waals surface area (Å²) >= 11 is 0. The molecule has 2 atom stereocenters. The third-order valence-corrected chi connectivity index (χ3v) is 1.79. The number of hydrogen-bond acceptors (Lipinski definition) is 2. The van der Waals surface area contributed by atoms with Gasteiger partial charge in [-0.05, 0) is 12.3 Å². The Morgan fingerprint density at radius 2 is 2.27 bits per heavy atom. The maximum Gasteiger partial charge on any atom is 0.320 e. The van der Waals surface area contributed by atoms with Gasteiger partial charge < -0.3 is 5.11 Å². The van der Waals surface area contributed by atoms with Crippen LogP contribution in [0.2, 0.25) is 0 Å². The van der Waals surface area contributed by atoms with Crippen molar-refractivity contribution >= 4 is 5.97 Å².